The van der Waals surface area contributed by atoms with Gasteiger partial charge >= 0.3 is 0 Å². The predicted molar refractivity (Wildman–Crippen MR) is 95.9 cm³/mol. The van der Waals surface area contributed by atoms with Gasteiger partial charge in [0.2, 0.25) is 0 Å². The Morgan fingerprint density at radius 3 is 2.09 bits per heavy atom. The van der Waals surface area contributed by atoms with Gasteiger partial charge in [0.05, 0.1) is 0 Å². The molecule has 1 N–H and O–H groups in total. The van der Waals surface area contributed by atoms with Crippen molar-refractivity contribution >= 4 is 0 Å². The molecule has 0 radical (unpaired) electrons. The van der Waals surface area contributed by atoms with Crippen LogP contribution in [0.3, 0.4) is 0 Å². The average Bonchev–Trinajstić information content (AvgIpc) is 2.69. The summed E-state index contributed by atoms with van der Waals surface area (Å²) >= 11 is 0. The normalized spacial score (nSPS) is 47.9. The van der Waals surface area contributed by atoms with Crippen LogP contribution in [0.5, 0.6) is 0 Å². The van der Waals surface area contributed by atoms with E-state index in [1.54, 1.807) is 0 Å². The highest BCUT2D eigenvalue weighted by atomic mass is 14.9. The molecule has 1 saturated heterocycles. The number of hydrogen-bond donors (Lipinski definition) is 1. The second-order valence-electron chi connectivity index (χ2n) is 9.29. The maximum absolute atomic E-state index is 4.00. The molecule has 1 aliphatic heterocycles. The monoisotopic (exact) mass is 305 g/mol. The highest BCUT2D eigenvalue weighted by molar-refractivity contribution is 4.89. The standard InChI is InChI=1S/C21H39N/c1-15-7-9-18(10-8-15)21-12-11-19(14-22-21)20-6-4-5-16(2)13-17(20)3/h15-22H,4-14H2,1-3H3. The molecule has 0 bridgehead atoms. The summed E-state index contributed by atoms with van der Waals surface area (Å²) in [6.45, 7) is 8.77. The van der Waals surface area contributed by atoms with E-state index in [9.17, 15) is 0 Å². The zero-order valence-corrected chi connectivity index (χ0v) is 15.3. The SMILES string of the molecule is CC1CCC(C2CCC(C3CCCC(C)CC3C)CN2)CC1. The minimum absolute atomic E-state index is 0.851. The van der Waals surface area contributed by atoms with Crippen molar-refractivity contribution in [3.63, 3.8) is 0 Å². The molecule has 2 aliphatic carbocycles. The third kappa shape index (κ3) is 4.08. The molecule has 1 heteroatoms. The van der Waals surface area contributed by atoms with Crippen molar-refractivity contribution in [3.05, 3.63) is 0 Å². The predicted octanol–water partition coefficient (Wildman–Crippen LogP) is 5.64. The maximum atomic E-state index is 4.00. The van der Waals surface area contributed by atoms with Crippen LogP contribution in [-0.2, 0) is 0 Å². The summed E-state index contributed by atoms with van der Waals surface area (Å²) in [6, 6.07) is 0.851. The van der Waals surface area contributed by atoms with Gasteiger partial charge in [-0.25, -0.2) is 0 Å². The second-order valence-corrected chi connectivity index (χ2v) is 9.29. The summed E-state index contributed by atoms with van der Waals surface area (Å²) in [5, 5.41) is 4.00. The Morgan fingerprint density at radius 1 is 0.682 bits per heavy atom. The molecule has 22 heavy (non-hydrogen) atoms. The van der Waals surface area contributed by atoms with E-state index in [1.165, 1.54) is 70.8 Å². The Hall–Kier alpha value is -0.0400. The lowest BCUT2D eigenvalue weighted by molar-refractivity contribution is 0.131. The molecule has 3 rings (SSSR count). The van der Waals surface area contributed by atoms with Gasteiger partial charge in [-0.05, 0) is 80.6 Å². The molecule has 3 aliphatic rings. The molecule has 0 aromatic rings. The zero-order valence-electron chi connectivity index (χ0n) is 15.3. The van der Waals surface area contributed by atoms with E-state index < -0.39 is 0 Å². The Balaban J connectivity index is 1.48. The molecule has 0 spiro atoms. The number of hydrogen-bond acceptors (Lipinski definition) is 1. The molecular weight excluding hydrogens is 266 g/mol. The summed E-state index contributed by atoms with van der Waals surface area (Å²) in [4.78, 5) is 0. The van der Waals surface area contributed by atoms with Crippen LogP contribution >= 0.6 is 0 Å². The fraction of sp³-hybridized carbons (Fsp3) is 1.00. The minimum Gasteiger partial charge on any atom is -0.313 e. The van der Waals surface area contributed by atoms with E-state index in [-0.39, 0.29) is 0 Å². The number of nitrogens with one attached hydrogen (secondary N) is 1. The molecular formula is C21H39N. The van der Waals surface area contributed by atoms with Crippen LogP contribution in [0.2, 0.25) is 0 Å². The molecule has 2 saturated carbocycles. The molecule has 3 fully saturated rings. The molecule has 5 unspecified atom stereocenters. The van der Waals surface area contributed by atoms with Crippen LogP contribution in [0.1, 0.15) is 85.0 Å². The van der Waals surface area contributed by atoms with Gasteiger partial charge in [0, 0.05) is 6.04 Å². The van der Waals surface area contributed by atoms with E-state index in [0.717, 1.165) is 41.5 Å². The van der Waals surface area contributed by atoms with E-state index in [1.807, 2.05) is 0 Å². The third-order valence-corrected chi connectivity index (χ3v) is 7.47. The largest absolute Gasteiger partial charge is 0.313 e. The van der Waals surface area contributed by atoms with Crippen LogP contribution in [0.25, 0.3) is 0 Å². The summed E-state index contributed by atoms with van der Waals surface area (Å²) in [5.74, 6) is 5.87. The Kier molecular flexibility index (Phi) is 5.87. The van der Waals surface area contributed by atoms with Crippen LogP contribution < -0.4 is 5.32 Å². The van der Waals surface area contributed by atoms with Crippen molar-refractivity contribution in [1.29, 1.82) is 0 Å². The van der Waals surface area contributed by atoms with Crippen LogP contribution in [0, 0.1) is 35.5 Å². The second kappa shape index (κ2) is 7.69. The fourth-order valence-corrected chi connectivity index (χ4v) is 5.97. The van der Waals surface area contributed by atoms with Crippen molar-refractivity contribution in [2.24, 2.45) is 35.5 Å². The van der Waals surface area contributed by atoms with Crippen molar-refractivity contribution in [1.82, 2.24) is 5.32 Å². The minimum atomic E-state index is 0.851. The molecule has 0 amide bonds. The van der Waals surface area contributed by atoms with E-state index in [0.29, 0.717) is 0 Å². The molecule has 0 aromatic carbocycles. The quantitative estimate of drug-likeness (QED) is 0.651. The summed E-state index contributed by atoms with van der Waals surface area (Å²) in [6.07, 6.45) is 14.8. The first kappa shape index (κ1) is 16.8. The van der Waals surface area contributed by atoms with Gasteiger partial charge in [0.25, 0.3) is 0 Å². The van der Waals surface area contributed by atoms with Gasteiger partial charge in [0.1, 0.15) is 0 Å². The first-order chi connectivity index (χ1) is 10.6. The highest BCUT2D eigenvalue weighted by Crippen LogP contribution is 2.40. The highest BCUT2D eigenvalue weighted by Gasteiger charge is 2.35. The van der Waals surface area contributed by atoms with Gasteiger partial charge in [0.15, 0.2) is 0 Å². The first-order valence-electron chi connectivity index (χ1n) is 10.4. The summed E-state index contributed by atoms with van der Waals surface area (Å²) < 4.78 is 0. The average molecular weight is 306 g/mol. The van der Waals surface area contributed by atoms with E-state index >= 15 is 0 Å². The fourth-order valence-electron chi connectivity index (χ4n) is 5.97. The van der Waals surface area contributed by atoms with Crippen molar-refractivity contribution in [2.45, 2.75) is 91.0 Å². The third-order valence-electron chi connectivity index (χ3n) is 7.47. The Bertz CT molecular complexity index is 323. The summed E-state index contributed by atoms with van der Waals surface area (Å²) in [7, 11) is 0. The Morgan fingerprint density at radius 2 is 1.41 bits per heavy atom. The van der Waals surface area contributed by atoms with Crippen LogP contribution in [-0.4, -0.2) is 12.6 Å². The van der Waals surface area contributed by atoms with Gasteiger partial charge < -0.3 is 5.32 Å². The molecule has 5 atom stereocenters. The van der Waals surface area contributed by atoms with Crippen LogP contribution in [0.4, 0.5) is 0 Å². The van der Waals surface area contributed by atoms with Gasteiger partial charge in [-0.1, -0.05) is 46.5 Å². The zero-order chi connectivity index (χ0) is 15.5. The molecule has 1 nitrogen and oxygen atoms in total. The number of rotatable bonds is 2. The van der Waals surface area contributed by atoms with Gasteiger partial charge in [-0.2, -0.15) is 0 Å². The number of piperidine rings is 1. The van der Waals surface area contributed by atoms with E-state index in [4.69, 9.17) is 0 Å². The maximum Gasteiger partial charge on any atom is 0.00955 e. The molecule has 0 aromatic heterocycles. The smallest absolute Gasteiger partial charge is 0.00955 e. The molecule has 1 heterocycles. The van der Waals surface area contributed by atoms with Gasteiger partial charge in [-0.3, -0.25) is 0 Å². The molecule has 128 valence electrons. The lowest BCUT2D eigenvalue weighted by Gasteiger charge is -2.41. The lowest BCUT2D eigenvalue weighted by atomic mass is 9.71. The van der Waals surface area contributed by atoms with Crippen LogP contribution in [0.15, 0.2) is 0 Å². The Labute approximate surface area is 139 Å². The van der Waals surface area contributed by atoms with Crippen molar-refractivity contribution in [2.75, 3.05) is 6.54 Å². The lowest BCUT2D eigenvalue weighted by Crippen LogP contribution is -2.46. The van der Waals surface area contributed by atoms with Crippen molar-refractivity contribution < 1.29 is 0 Å². The first-order valence-corrected chi connectivity index (χ1v) is 10.4. The van der Waals surface area contributed by atoms with E-state index in [2.05, 4.69) is 26.1 Å². The summed E-state index contributed by atoms with van der Waals surface area (Å²) in [5.41, 5.74) is 0. The van der Waals surface area contributed by atoms with Gasteiger partial charge in [-0.15, -0.1) is 0 Å². The topological polar surface area (TPSA) is 12.0 Å². The van der Waals surface area contributed by atoms with Crippen molar-refractivity contribution in [3.8, 4) is 0 Å².